The van der Waals surface area contributed by atoms with Crippen LogP contribution in [0.2, 0.25) is 0 Å². The van der Waals surface area contributed by atoms with E-state index in [0.717, 1.165) is 26.6 Å². The van der Waals surface area contributed by atoms with Gasteiger partial charge < -0.3 is 5.73 Å². The highest BCUT2D eigenvalue weighted by atomic mass is 32.1. The summed E-state index contributed by atoms with van der Waals surface area (Å²) in [6.45, 7) is 0. The molecule has 0 aliphatic carbocycles. The Labute approximate surface area is 133 Å². The number of thiazole rings is 2. The number of fused-ring (bicyclic) bond motifs is 1. The van der Waals surface area contributed by atoms with E-state index in [9.17, 15) is 9.59 Å². The predicted octanol–water partition coefficient (Wildman–Crippen LogP) is 2.50. The van der Waals surface area contributed by atoms with Crippen LogP contribution in [0.4, 0.5) is 5.13 Å². The van der Waals surface area contributed by atoms with E-state index in [0.29, 0.717) is 5.13 Å². The van der Waals surface area contributed by atoms with Crippen molar-refractivity contribution in [1.29, 1.82) is 0 Å². The minimum absolute atomic E-state index is 0.135. The molecule has 3 aromatic rings. The number of benzene rings is 1. The van der Waals surface area contributed by atoms with Gasteiger partial charge in [0, 0.05) is 11.5 Å². The van der Waals surface area contributed by atoms with Gasteiger partial charge >= 0.3 is 0 Å². The van der Waals surface area contributed by atoms with Gasteiger partial charge in [-0.05, 0) is 18.2 Å². The maximum absolute atomic E-state index is 11.8. The van der Waals surface area contributed by atoms with Crippen molar-refractivity contribution in [2.75, 3.05) is 5.32 Å². The number of nitrogens with zero attached hydrogens (tertiary/aromatic N) is 2. The van der Waals surface area contributed by atoms with E-state index < -0.39 is 5.91 Å². The summed E-state index contributed by atoms with van der Waals surface area (Å²) in [6.07, 6.45) is 3.02. The van der Waals surface area contributed by atoms with Crippen molar-refractivity contribution in [2.45, 2.75) is 0 Å². The molecule has 0 aliphatic rings. The first-order chi connectivity index (χ1) is 10.6. The third kappa shape index (κ3) is 3.18. The van der Waals surface area contributed by atoms with Crippen LogP contribution in [0.1, 0.15) is 15.5 Å². The van der Waals surface area contributed by atoms with E-state index in [1.165, 1.54) is 22.8 Å². The van der Waals surface area contributed by atoms with Gasteiger partial charge in [0.05, 0.1) is 10.2 Å². The first kappa shape index (κ1) is 14.4. The number of nitrogens with two attached hydrogens (primary N) is 1. The second-order valence-corrected chi connectivity index (χ2v) is 6.16. The summed E-state index contributed by atoms with van der Waals surface area (Å²) in [4.78, 5) is 31.0. The molecule has 2 amide bonds. The quantitative estimate of drug-likeness (QED) is 0.718. The average molecular weight is 330 g/mol. The average Bonchev–Trinajstić information content (AvgIpc) is 3.11. The van der Waals surface area contributed by atoms with E-state index in [-0.39, 0.29) is 11.6 Å². The molecule has 22 heavy (non-hydrogen) atoms. The number of aromatic nitrogens is 2. The van der Waals surface area contributed by atoms with Crippen LogP contribution in [0.3, 0.4) is 0 Å². The minimum atomic E-state index is -0.623. The fourth-order valence-electron chi connectivity index (χ4n) is 1.70. The lowest BCUT2D eigenvalue weighted by molar-refractivity contribution is -0.111. The van der Waals surface area contributed by atoms with Crippen molar-refractivity contribution in [3.8, 4) is 0 Å². The summed E-state index contributed by atoms with van der Waals surface area (Å²) in [5.41, 5.74) is 6.14. The van der Waals surface area contributed by atoms with Crippen LogP contribution >= 0.6 is 22.7 Å². The van der Waals surface area contributed by atoms with E-state index in [4.69, 9.17) is 5.73 Å². The fourth-order valence-corrected chi connectivity index (χ4v) is 3.27. The number of anilines is 1. The van der Waals surface area contributed by atoms with Crippen LogP contribution in [-0.4, -0.2) is 21.8 Å². The topological polar surface area (TPSA) is 98.0 Å². The largest absolute Gasteiger partial charge is 0.364 e. The highest BCUT2D eigenvalue weighted by Gasteiger charge is 2.08. The summed E-state index contributed by atoms with van der Waals surface area (Å²) in [7, 11) is 0. The number of rotatable bonds is 4. The smallest absolute Gasteiger partial charge is 0.268 e. The van der Waals surface area contributed by atoms with Crippen LogP contribution in [-0.2, 0) is 4.79 Å². The number of carbonyl (C=O) groups excluding carboxylic acids is 2. The highest BCUT2D eigenvalue weighted by Crippen LogP contribution is 2.22. The van der Waals surface area contributed by atoms with Gasteiger partial charge in [-0.15, -0.1) is 22.7 Å². The molecule has 3 N–H and O–H groups in total. The molecule has 6 nitrogen and oxygen atoms in total. The number of nitrogens with one attached hydrogen (secondary N) is 1. The second kappa shape index (κ2) is 6.04. The van der Waals surface area contributed by atoms with Gasteiger partial charge in [0.15, 0.2) is 5.13 Å². The summed E-state index contributed by atoms with van der Waals surface area (Å²) in [5.74, 6) is -0.966. The Morgan fingerprint density at radius 2 is 2.05 bits per heavy atom. The molecule has 110 valence electrons. The number of hydrogen-bond donors (Lipinski definition) is 2. The monoisotopic (exact) mass is 330 g/mol. The van der Waals surface area contributed by atoms with E-state index >= 15 is 0 Å². The molecule has 0 radical (unpaired) electrons. The van der Waals surface area contributed by atoms with Crippen LogP contribution in [0.15, 0.2) is 35.7 Å². The Hall–Kier alpha value is -2.58. The van der Waals surface area contributed by atoms with Crippen molar-refractivity contribution < 1.29 is 9.59 Å². The Bertz CT molecular complexity index is 849. The molecule has 0 saturated carbocycles. The normalized spacial score (nSPS) is 11.1. The van der Waals surface area contributed by atoms with Crippen LogP contribution in [0, 0.1) is 0 Å². The predicted molar refractivity (Wildman–Crippen MR) is 87.9 cm³/mol. The van der Waals surface area contributed by atoms with E-state index in [2.05, 4.69) is 15.3 Å². The summed E-state index contributed by atoms with van der Waals surface area (Å²) >= 11 is 2.64. The van der Waals surface area contributed by atoms with Gasteiger partial charge in [-0.25, -0.2) is 9.97 Å². The maximum Gasteiger partial charge on any atom is 0.268 e. The molecule has 0 saturated heterocycles. The van der Waals surface area contributed by atoms with Crippen LogP contribution < -0.4 is 11.1 Å². The standard InChI is InChI=1S/C14H10N4O2S2/c15-13(20)9-7-21-14(17-9)18-11(19)5-6-12-16-8-3-1-2-4-10(8)22-12/h1-7H,(H2,15,20)(H,17,18,19)/b6-5-. The zero-order chi connectivity index (χ0) is 15.5. The van der Waals surface area contributed by atoms with Gasteiger partial charge in [0.2, 0.25) is 5.91 Å². The lowest BCUT2D eigenvalue weighted by Gasteiger charge is -1.94. The lowest BCUT2D eigenvalue weighted by atomic mass is 10.3. The number of hydrogen-bond acceptors (Lipinski definition) is 6. The van der Waals surface area contributed by atoms with Gasteiger partial charge in [0.1, 0.15) is 10.7 Å². The van der Waals surface area contributed by atoms with Crippen LogP contribution in [0.5, 0.6) is 0 Å². The first-order valence-corrected chi connectivity index (χ1v) is 7.91. The zero-order valence-corrected chi connectivity index (χ0v) is 12.8. The number of para-hydroxylation sites is 1. The molecule has 2 aromatic heterocycles. The second-order valence-electron chi connectivity index (χ2n) is 4.24. The SMILES string of the molecule is NC(=O)c1csc(NC(=O)/C=C\c2nc3ccccc3s2)n1. The molecule has 2 heterocycles. The number of amides is 2. The Morgan fingerprint density at radius 1 is 1.23 bits per heavy atom. The van der Waals surface area contributed by atoms with Gasteiger partial charge in [-0.1, -0.05) is 12.1 Å². The fraction of sp³-hybridized carbons (Fsp3) is 0. The van der Waals surface area contributed by atoms with E-state index in [1.54, 1.807) is 6.08 Å². The molecule has 3 rings (SSSR count). The van der Waals surface area contributed by atoms with Crippen molar-refractivity contribution in [1.82, 2.24) is 9.97 Å². The van der Waals surface area contributed by atoms with Crippen LogP contribution in [0.25, 0.3) is 16.3 Å². The summed E-state index contributed by atoms with van der Waals surface area (Å²) in [6, 6.07) is 7.76. The van der Waals surface area contributed by atoms with Crippen molar-refractivity contribution >= 4 is 55.9 Å². The maximum atomic E-state index is 11.8. The number of carbonyl (C=O) groups is 2. The zero-order valence-electron chi connectivity index (χ0n) is 11.1. The third-order valence-electron chi connectivity index (χ3n) is 2.67. The highest BCUT2D eigenvalue weighted by molar-refractivity contribution is 7.19. The molecule has 0 atom stereocenters. The van der Waals surface area contributed by atoms with Crippen molar-refractivity contribution in [3.05, 3.63) is 46.4 Å². The Kier molecular flexibility index (Phi) is 3.94. The molecule has 0 unspecified atom stereocenters. The summed E-state index contributed by atoms with van der Waals surface area (Å²) < 4.78 is 1.06. The molecule has 0 fully saturated rings. The minimum Gasteiger partial charge on any atom is -0.364 e. The van der Waals surface area contributed by atoms with E-state index in [1.807, 2.05) is 24.3 Å². The Morgan fingerprint density at radius 3 is 2.77 bits per heavy atom. The number of primary amides is 1. The molecule has 8 heteroatoms. The molecule has 1 aromatic carbocycles. The lowest BCUT2D eigenvalue weighted by Crippen LogP contribution is -2.12. The van der Waals surface area contributed by atoms with Crippen molar-refractivity contribution in [3.63, 3.8) is 0 Å². The molecule has 0 aliphatic heterocycles. The van der Waals surface area contributed by atoms with Gasteiger partial charge in [0.25, 0.3) is 5.91 Å². The first-order valence-electron chi connectivity index (χ1n) is 6.22. The van der Waals surface area contributed by atoms with Gasteiger partial charge in [-0.3, -0.25) is 14.9 Å². The third-order valence-corrected chi connectivity index (χ3v) is 4.43. The molecule has 0 spiro atoms. The molecular formula is C14H10N4O2S2. The Balaban J connectivity index is 1.68. The van der Waals surface area contributed by atoms with Crippen molar-refractivity contribution in [2.24, 2.45) is 5.73 Å². The van der Waals surface area contributed by atoms with Gasteiger partial charge in [-0.2, -0.15) is 0 Å². The molecule has 0 bridgehead atoms. The summed E-state index contributed by atoms with van der Waals surface area (Å²) in [5, 5.41) is 5.14. The molecular weight excluding hydrogens is 320 g/mol.